The van der Waals surface area contributed by atoms with Gasteiger partial charge in [0.25, 0.3) is 0 Å². The Bertz CT molecular complexity index is 3450. The van der Waals surface area contributed by atoms with Gasteiger partial charge in [0.05, 0.1) is 5.69 Å². The van der Waals surface area contributed by atoms with E-state index in [2.05, 4.69) is 229 Å². The lowest BCUT2D eigenvalue weighted by molar-refractivity contribution is 0.332. The summed E-state index contributed by atoms with van der Waals surface area (Å²) in [4.78, 5) is 2.55. The molecule has 4 heteroatoms. The van der Waals surface area contributed by atoms with Crippen molar-refractivity contribution in [3.63, 3.8) is 0 Å². The molecule has 0 atom stereocenters. The summed E-state index contributed by atoms with van der Waals surface area (Å²) in [5.74, 6) is 0. The van der Waals surface area contributed by atoms with Crippen LogP contribution >= 0.6 is 0 Å². The zero-order valence-corrected chi connectivity index (χ0v) is 41.0. The van der Waals surface area contributed by atoms with E-state index in [1.165, 1.54) is 85.1 Å². The van der Waals surface area contributed by atoms with Crippen LogP contribution in [0.4, 0.5) is 28.4 Å². The van der Waals surface area contributed by atoms with Gasteiger partial charge >= 0.3 is 0 Å². The normalized spacial score (nSPS) is 17.1. The number of para-hydroxylation sites is 1. The largest absolute Gasteiger partial charge is 0.454 e. The summed E-state index contributed by atoms with van der Waals surface area (Å²) in [7, 11) is 0.770. The minimum absolute atomic E-state index is 0.0413. The molecule has 0 saturated carbocycles. The van der Waals surface area contributed by atoms with E-state index in [0.29, 0.717) is 0 Å². The third-order valence-corrected chi connectivity index (χ3v) is 16.4. The average Bonchev–Trinajstić information content (AvgIpc) is 3.72. The number of furan rings is 1. The SMILES string of the molecule is CC1(C)CCC(C)(C)c2cc(Nc3ccc(-c4ccccc4)cc3-c3cc4c(oc5ccccc54)c4c3Bc3cc5c(cc3N4c3ccc(-c4ccccc4)cc3)C(C)(C)CCC5(C)C)ccc21. The number of hydrogen-bond donors (Lipinski definition) is 1. The molecule has 2 heterocycles. The number of nitrogens with zero attached hydrogens (tertiary/aromatic N) is 1. The minimum Gasteiger partial charge on any atom is -0.454 e. The molecule has 0 fully saturated rings. The van der Waals surface area contributed by atoms with E-state index >= 15 is 0 Å². The van der Waals surface area contributed by atoms with E-state index in [1.54, 1.807) is 0 Å². The first kappa shape index (κ1) is 42.6. The summed E-state index contributed by atoms with van der Waals surface area (Å²) in [6.07, 6.45) is 4.68. The van der Waals surface area contributed by atoms with E-state index in [1.807, 2.05) is 0 Å². The maximum Gasteiger partial charge on any atom is 0.198 e. The van der Waals surface area contributed by atoms with Gasteiger partial charge in [0.15, 0.2) is 12.9 Å². The van der Waals surface area contributed by atoms with Crippen LogP contribution < -0.4 is 21.1 Å². The molecule has 8 aromatic carbocycles. The fraction of sp³-hybridized carbons (Fsp3) is 0.250. The maximum atomic E-state index is 7.14. The molecule has 12 rings (SSSR count). The smallest absolute Gasteiger partial charge is 0.198 e. The minimum atomic E-state index is 0.0413. The van der Waals surface area contributed by atoms with Crippen molar-refractivity contribution in [1.29, 1.82) is 0 Å². The van der Waals surface area contributed by atoms with Gasteiger partial charge in [0.2, 0.25) is 0 Å². The first-order chi connectivity index (χ1) is 32.6. The second-order valence-corrected chi connectivity index (χ2v) is 22.7. The molecular weight excluding hydrogens is 824 g/mol. The molecule has 1 aliphatic heterocycles. The van der Waals surface area contributed by atoms with Gasteiger partial charge in [-0.25, -0.2) is 0 Å². The Labute approximate surface area is 403 Å². The van der Waals surface area contributed by atoms with Crippen LogP contribution in [0, 0.1) is 0 Å². The van der Waals surface area contributed by atoms with Crippen LogP contribution in [0.2, 0.25) is 0 Å². The summed E-state index contributed by atoms with van der Waals surface area (Å²) in [6, 6.07) is 61.1. The number of nitrogens with one attached hydrogen (secondary N) is 1. The van der Waals surface area contributed by atoms with Gasteiger partial charge in [0, 0.05) is 39.1 Å². The second-order valence-electron chi connectivity index (χ2n) is 22.7. The molecule has 0 amide bonds. The molecule has 3 aliphatic rings. The zero-order chi connectivity index (χ0) is 46.7. The van der Waals surface area contributed by atoms with E-state index in [0.717, 1.165) is 64.8 Å². The third kappa shape index (κ3) is 6.93. The van der Waals surface area contributed by atoms with Crippen molar-refractivity contribution in [2.75, 3.05) is 10.2 Å². The van der Waals surface area contributed by atoms with Gasteiger partial charge in [-0.15, -0.1) is 0 Å². The summed E-state index contributed by atoms with van der Waals surface area (Å²) >= 11 is 0. The topological polar surface area (TPSA) is 28.4 Å². The molecule has 2 aliphatic carbocycles. The first-order valence-electron chi connectivity index (χ1n) is 24.9. The van der Waals surface area contributed by atoms with Crippen molar-refractivity contribution in [2.24, 2.45) is 0 Å². The zero-order valence-electron chi connectivity index (χ0n) is 41.0. The first-order valence-corrected chi connectivity index (χ1v) is 24.9. The molecule has 68 heavy (non-hydrogen) atoms. The molecule has 336 valence electrons. The quantitative estimate of drug-likeness (QED) is 0.169. The fourth-order valence-corrected chi connectivity index (χ4v) is 12.1. The van der Waals surface area contributed by atoms with Crippen molar-refractivity contribution in [3.05, 3.63) is 186 Å². The summed E-state index contributed by atoms with van der Waals surface area (Å²) in [5, 5.41) is 6.30. The number of rotatable bonds is 6. The highest BCUT2D eigenvalue weighted by Gasteiger charge is 2.41. The Morgan fingerprint density at radius 3 is 1.71 bits per heavy atom. The van der Waals surface area contributed by atoms with Gasteiger partial charge in [-0.3, -0.25) is 0 Å². The predicted octanol–water partition coefficient (Wildman–Crippen LogP) is 16.2. The van der Waals surface area contributed by atoms with Gasteiger partial charge in [-0.1, -0.05) is 170 Å². The van der Waals surface area contributed by atoms with Crippen LogP contribution in [0.5, 0.6) is 0 Å². The van der Waals surface area contributed by atoms with Crippen LogP contribution in [0.15, 0.2) is 168 Å². The molecule has 0 spiro atoms. The molecule has 0 bridgehead atoms. The Balaban J connectivity index is 1.14. The van der Waals surface area contributed by atoms with Crippen molar-refractivity contribution < 1.29 is 4.42 Å². The van der Waals surface area contributed by atoms with Gasteiger partial charge in [0.1, 0.15) is 5.58 Å². The van der Waals surface area contributed by atoms with E-state index in [4.69, 9.17) is 4.42 Å². The van der Waals surface area contributed by atoms with Crippen LogP contribution in [0.1, 0.15) is 103 Å². The Hall–Kier alpha value is -6.78. The standard InChI is InChI=1S/C64H61BN2O/c1-61(2)31-32-62(3,4)51-36-44(26-29-50(51)61)66-55-30-25-43(41-19-13-10-14-20-41)35-47(55)48-37-49-46-21-15-16-22-57(46)68-60(49)59-58(48)65-54-38-52-53(64(7,8)34-33-63(52,5)6)39-56(54)67(59)45-27-23-42(24-28-45)40-17-11-9-12-18-40/h9-30,35-39,65-66H,31-34H2,1-8H3. The molecule has 3 nitrogen and oxygen atoms in total. The number of benzene rings is 8. The van der Waals surface area contributed by atoms with Gasteiger partial charge in [-0.2, -0.15) is 0 Å². The molecule has 0 saturated heterocycles. The third-order valence-electron chi connectivity index (χ3n) is 16.4. The molecular formula is C64H61BN2O. The lowest BCUT2D eigenvalue weighted by Gasteiger charge is -2.44. The summed E-state index contributed by atoms with van der Waals surface area (Å²) < 4.78 is 7.14. The summed E-state index contributed by atoms with van der Waals surface area (Å²) in [5.41, 5.74) is 23.5. The van der Waals surface area contributed by atoms with E-state index in [9.17, 15) is 0 Å². The van der Waals surface area contributed by atoms with Gasteiger partial charge in [-0.05, 0) is 157 Å². The highest BCUT2D eigenvalue weighted by Crippen LogP contribution is 2.52. The monoisotopic (exact) mass is 884 g/mol. The number of hydrogen-bond acceptors (Lipinski definition) is 3. The molecule has 1 N–H and O–H groups in total. The van der Waals surface area contributed by atoms with Crippen LogP contribution in [-0.2, 0) is 21.7 Å². The molecule has 0 unspecified atom stereocenters. The van der Waals surface area contributed by atoms with Crippen molar-refractivity contribution >= 4 is 68.6 Å². The molecule has 1 aromatic heterocycles. The van der Waals surface area contributed by atoms with E-state index in [-0.39, 0.29) is 21.7 Å². The average molecular weight is 885 g/mol. The Morgan fingerprint density at radius 1 is 0.471 bits per heavy atom. The highest BCUT2D eigenvalue weighted by molar-refractivity contribution is 6.74. The Kier molecular flexibility index (Phi) is 9.62. The van der Waals surface area contributed by atoms with Crippen molar-refractivity contribution in [2.45, 2.75) is 103 Å². The Morgan fingerprint density at radius 2 is 1.03 bits per heavy atom. The van der Waals surface area contributed by atoms with Crippen molar-refractivity contribution in [1.82, 2.24) is 0 Å². The predicted molar refractivity (Wildman–Crippen MR) is 291 cm³/mol. The fourth-order valence-electron chi connectivity index (χ4n) is 12.1. The van der Waals surface area contributed by atoms with E-state index < -0.39 is 0 Å². The lowest BCUT2D eigenvalue weighted by atomic mass is 9.55. The maximum absolute atomic E-state index is 7.14. The second kappa shape index (κ2) is 15.4. The van der Waals surface area contributed by atoms with Crippen LogP contribution in [-0.4, -0.2) is 7.28 Å². The van der Waals surface area contributed by atoms with Gasteiger partial charge < -0.3 is 14.6 Å². The molecule has 0 radical (unpaired) electrons. The number of fused-ring (bicyclic) bond motifs is 8. The van der Waals surface area contributed by atoms with Crippen molar-refractivity contribution in [3.8, 4) is 33.4 Å². The summed E-state index contributed by atoms with van der Waals surface area (Å²) in [6.45, 7) is 19.4. The molecule has 9 aromatic rings. The van der Waals surface area contributed by atoms with Crippen LogP contribution in [0.25, 0.3) is 55.3 Å². The lowest BCUT2D eigenvalue weighted by Crippen LogP contribution is -2.43. The highest BCUT2D eigenvalue weighted by atomic mass is 16.3. The van der Waals surface area contributed by atoms with Crippen LogP contribution in [0.3, 0.4) is 0 Å². The number of anilines is 5.